The monoisotopic (exact) mass is 177 g/mol. The highest BCUT2D eigenvalue weighted by Crippen LogP contribution is 2.21. The minimum absolute atomic E-state index is 0.868. The fourth-order valence-electron chi connectivity index (χ4n) is 0.920. The molecule has 0 saturated heterocycles. The number of aliphatic carboxylic acids is 1. The molecule has 0 aromatic rings. The topological polar surface area (TPSA) is 55.4 Å². The van der Waals surface area contributed by atoms with Crippen LogP contribution in [0.25, 0.3) is 0 Å². The van der Waals surface area contributed by atoms with E-state index in [0.29, 0.717) is 0 Å². The quantitative estimate of drug-likeness (QED) is 0.569. The lowest BCUT2D eigenvalue weighted by atomic mass is 10.0. The lowest BCUT2D eigenvalue weighted by Crippen LogP contribution is -2.61. The maximum atomic E-state index is 12.3. The number of carbonyl (C=O) groups is 1. The first-order valence-corrected chi connectivity index (χ1v) is 3.18. The maximum Gasteiger partial charge on any atom is 0.267 e. The number of rotatable bonds is 2. The molecule has 0 bridgehead atoms. The van der Waals surface area contributed by atoms with Gasteiger partial charge in [-0.15, -0.1) is 0 Å². The first-order valence-electron chi connectivity index (χ1n) is 3.18. The average Bonchev–Trinajstić information content (AvgIpc) is 2.32. The summed E-state index contributed by atoms with van der Waals surface area (Å²) in [4.78, 5) is 10.4. The highest BCUT2D eigenvalue weighted by molar-refractivity contribution is 5.80. The van der Waals surface area contributed by atoms with E-state index in [2.05, 4.69) is 5.43 Å². The Labute approximate surface area is 67.4 Å². The lowest BCUT2D eigenvalue weighted by Gasteiger charge is -2.29. The second-order valence-corrected chi connectivity index (χ2v) is 2.50. The number of hydrogen-bond acceptors (Lipinski definition) is 4. The first-order chi connectivity index (χ1) is 5.49. The van der Waals surface area contributed by atoms with Gasteiger partial charge in [-0.2, -0.15) is 0 Å². The van der Waals surface area contributed by atoms with Crippen molar-refractivity contribution in [3.63, 3.8) is 0 Å². The molecule has 0 spiro atoms. The van der Waals surface area contributed by atoms with E-state index in [-0.39, 0.29) is 0 Å². The minimum atomic E-state index is -3.04. The fraction of sp³-hybridized carbons (Fsp3) is 0.500. The Morgan fingerprint density at radius 1 is 1.75 bits per heavy atom. The highest BCUT2D eigenvalue weighted by atomic mass is 19.3. The van der Waals surface area contributed by atoms with Gasteiger partial charge in [0.05, 0.1) is 5.97 Å². The molecule has 0 aromatic heterocycles. The Morgan fingerprint density at radius 2 is 2.33 bits per heavy atom. The predicted octanol–water partition coefficient (Wildman–Crippen LogP) is -1.30. The van der Waals surface area contributed by atoms with Crippen LogP contribution in [0, 0.1) is 0 Å². The Balaban J connectivity index is 2.91. The van der Waals surface area contributed by atoms with E-state index >= 15 is 0 Å². The van der Waals surface area contributed by atoms with Gasteiger partial charge in [0.1, 0.15) is 0 Å². The molecular formula is C6H7F2N2O2-. The van der Waals surface area contributed by atoms with Gasteiger partial charge < -0.3 is 14.9 Å². The number of carboxylic acid groups (broad SMARTS) is 1. The zero-order valence-electron chi connectivity index (χ0n) is 6.25. The Morgan fingerprint density at radius 3 is 2.50 bits per heavy atom. The third-order valence-electron chi connectivity index (χ3n) is 1.60. The summed E-state index contributed by atoms with van der Waals surface area (Å²) in [5, 5.41) is 11.5. The van der Waals surface area contributed by atoms with Crippen molar-refractivity contribution in [2.75, 3.05) is 7.05 Å². The Bertz CT molecular complexity index is 232. The van der Waals surface area contributed by atoms with Crippen molar-refractivity contribution in [3.8, 4) is 0 Å². The molecule has 12 heavy (non-hydrogen) atoms. The normalized spacial score (nSPS) is 28.5. The number of carboxylic acids is 1. The third kappa shape index (κ3) is 1.14. The summed E-state index contributed by atoms with van der Waals surface area (Å²) in [6.07, 6.45) is -0.960. The van der Waals surface area contributed by atoms with Crippen molar-refractivity contribution < 1.29 is 18.7 Å². The smallest absolute Gasteiger partial charge is 0.267 e. The molecule has 1 atom stereocenters. The molecule has 0 aromatic carbocycles. The zero-order chi connectivity index (χ0) is 9.35. The molecule has 0 radical (unpaired) electrons. The van der Waals surface area contributed by atoms with Crippen LogP contribution < -0.4 is 10.5 Å². The number of halogens is 2. The van der Waals surface area contributed by atoms with E-state index in [1.165, 1.54) is 13.2 Å². The fourth-order valence-corrected chi connectivity index (χ4v) is 0.920. The number of carbonyl (C=O) groups excluding carboxylic acids is 1. The second kappa shape index (κ2) is 2.71. The molecule has 68 valence electrons. The van der Waals surface area contributed by atoms with E-state index in [0.717, 1.165) is 11.1 Å². The number of hydrazine groups is 1. The summed E-state index contributed by atoms with van der Waals surface area (Å²) in [7, 11) is 1.42. The highest BCUT2D eigenvalue weighted by Gasteiger charge is 2.42. The Kier molecular flexibility index (Phi) is 2.01. The molecule has 0 aliphatic carbocycles. The summed E-state index contributed by atoms with van der Waals surface area (Å²) in [6, 6.07) is 0. The molecule has 0 amide bonds. The van der Waals surface area contributed by atoms with Gasteiger partial charge in [0.15, 0.2) is 5.54 Å². The largest absolute Gasteiger partial charge is 0.547 e. The van der Waals surface area contributed by atoms with Crippen molar-refractivity contribution >= 4 is 5.97 Å². The van der Waals surface area contributed by atoms with Gasteiger partial charge in [0.25, 0.3) is 6.43 Å². The summed E-state index contributed by atoms with van der Waals surface area (Å²) < 4.78 is 24.5. The van der Waals surface area contributed by atoms with E-state index in [1.54, 1.807) is 0 Å². The summed E-state index contributed by atoms with van der Waals surface area (Å²) >= 11 is 0. The molecule has 1 heterocycles. The number of alkyl halides is 2. The van der Waals surface area contributed by atoms with E-state index in [4.69, 9.17) is 0 Å². The minimum Gasteiger partial charge on any atom is -0.547 e. The van der Waals surface area contributed by atoms with Gasteiger partial charge >= 0.3 is 0 Å². The SMILES string of the molecule is CN1C=CC(C(=O)[O-])(C(F)F)N1. The zero-order valence-corrected chi connectivity index (χ0v) is 6.25. The van der Waals surface area contributed by atoms with Crippen LogP contribution in [0.1, 0.15) is 0 Å². The van der Waals surface area contributed by atoms with Gasteiger partial charge in [0.2, 0.25) is 0 Å². The molecule has 0 saturated carbocycles. The van der Waals surface area contributed by atoms with Gasteiger partial charge in [-0.25, -0.2) is 14.2 Å². The average molecular weight is 177 g/mol. The third-order valence-corrected chi connectivity index (χ3v) is 1.60. The van der Waals surface area contributed by atoms with Crippen molar-refractivity contribution in [1.82, 2.24) is 10.4 Å². The van der Waals surface area contributed by atoms with E-state index in [9.17, 15) is 18.7 Å². The number of nitrogens with zero attached hydrogens (tertiary/aromatic N) is 1. The number of hydrogen-bond donors (Lipinski definition) is 1. The number of nitrogens with one attached hydrogen (secondary N) is 1. The van der Waals surface area contributed by atoms with Crippen LogP contribution in [0.3, 0.4) is 0 Å². The molecule has 0 fully saturated rings. The molecular weight excluding hydrogens is 170 g/mol. The molecule has 4 nitrogen and oxygen atoms in total. The molecule has 1 aliphatic rings. The molecule has 1 unspecified atom stereocenters. The first kappa shape index (κ1) is 8.92. The van der Waals surface area contributed by atoms with Crippen LogP contribution in [-0.2, 0) is 4.79 Å². The van der Waals surface area contributed by atoms with Crippen molar-refractivity contribution in [2.24, 2.45) is 0 Å². The predicted molar refractivity (Wildman–Crippen MR) is 33.8 cm³/mol. The van der Waals surface area contributed by atoms with Crippen molar-refractivity contribution in [3.05, 3.63) is 12.3 Å². The Hall–Kier alpha value is -1.17. The van der Waals surface area contributed by atoms with Crippen molar-refractivity contribution in [1.29, 1.82) is 0 Å². The van der Waals surface area contributed by atoms with Crippen LogP contribution in [0.4, 0.5) is 8.78 Å². The summed E-state index contributed by atoms with van der Waals surface area (Å²) in [5.74, 6) is -1.84. The van der Waals surface area contributed by atoms with Crippen LogP contribution in [-0.4, -0.2) is 30.0 Å². The molecule has 1 aliphatic heterocycles. The van der Waals surface area contributed by atoms with Crippen LogP contribution in [0.2, 0.25) is 0 Å². The second-order valence-electron chi connectivity index (χ2n) is 2.50. The van der Waals surface area contributed by atoms with Gasteiger partial charge in [-0.1, -0.05) is 0 Å². The van der Waals surface area contributed by atoms with Crippen molar-refractivity contribution in [2.45, 2.75) is 12.0 Å². The molecule has 1 rings (SSSR count). The lowest BCUT2D eigenvalue weighted by molar-refractivity contribution is -0.316. The van der Waals surface area contributed by atoms with Gasteiger partial charge in [0, 0.05) is 13.2 Å². The molecule has 1 N–H and O–H groups in total. The van der Waals surface area contributed by atoms with Gasteiger partial charge in [-0.05, 0) is 6.08 Å². The van der Waals surface area contributed by atoms with E-state index < -0.39 is 17.9 Å². The van der Waals surface area contributed by atoms with Crippen LogP contribution in [0.15, 0.2) is 12.3 Å². The van der Waals surface area contributed by atoms with E-state index in [1.807, 2.05) is 0 Å². The van der Waals surface area contributed by atoms with Crippen LogP contribution in [0.5, 0.6) is 0 Å². The van der Waals surface area contributed by atoms with Gasteiger partial charge in [-0.3, -0.25) is 0 Å². The summed E-state index contributed by atoms with van der Waals surface area (Å²) in [6.45, 7) is 0. The summed E-state index contributed by atoms with van der Waals surface area (Å²) in [5.41, 5.74) is -0.290. The molecule has 6 heteroatoms. The van der Waals surface area contributed by atoms with Crippen LogP contribution >= 0.6 is 0 Å². The standard InChI is InChI=1S/C6H8F2N2O2/c1-10-3-2-6(9-10,4(7)8)5(11)12/h2-4,9H,1H3,(H,11,12)/p-1. The maximum absolute atomic E-state index is 12.3.